The van der Waals surface area contributed by atoms with E-state index in [0.29, 0.717) is 23.4 Å². The second-order valence-electron chi connectivity index (χ2n) is 9.80. The Kier molecular flexibility index (Phi) is 8.59. The summed E-state index contributed by atoms with van der Waals surface area (Å²) in [6.07, 6.45) is 3.23. The number of benzene rings is 2. The van der Waals surface area contributed by atoms with Gasteiger partial charge in [-0.1, -0.05) is 36.4 Å². The Morgan fingerprint density at radius 2 is 1.88 bits per heavy atom. The summed E-state index contributed by atoms with van der Waals surface area (Å²) >= 11 is -2.50. The highest BCUT2D eigenvalue weighted by atomic mass is 32.2. The summed E-state index contributed by atoms with van der Waals surface area (Å²) in [5.41, 5.74) is -0.300. The minimum Gasteiger partial charge on any atom is -0.435 e. The zero-order chi connectivity index (χ0) is 29.0. The molecule has 214 valence electrons. The summed E-state index contributed by atoms with van der Waals surface area (Å²) in [7, 11) is 0. The molecule has 5 rings (SSSR count). The number of pyridine rings is 1. The van der Waals surface area contributed by atoms with Gasteiger partial charge in [0.1, 0.15) is 5.67 Å². The van der Waals surface area contributed by atoms with E-state index >= 15 is 8.78 Å². The molecule has 2 aromatic heterocycles. The van der Waals surface area contributed by atoms with E-state index < -0.39 is 40.4 Å². The molecule has 0 radical (unpaired) electrons. The van der Waals surface area contributed by atoms with Gasteiger partial charge < -0.3 is 15.4 Å². The van der Waals surface area contributed by atoms with E-state index in [2.05, 4.69) is 30.3 Å². The van der Waals surface area contributed by atoms with E-state index in [4.69, 9.17) is 4.74 Å². The summed E-state index contributed by atoms with van der Waals surface area (Å²) in [5, 5.41) is 6.18. The number of alkyl halides is 1. The van der Waals surface area contributed by atoms with Crippen LogP contribution < -0.4 is 20.1 Å². The molecular formula is C28H27F3N6O3S. The van der Waals surface area contributed by atoms with Gasteiger partial charge in [-0.05, 0) is 36.8 Å². The molecule has 2 aromatic carbocycles. The van der Waals surface area contributed by atoms with Crippen LogP contribution in [-0.2, 0) is 11.3 Å². The highest BCUT2D eigenvalue weighted by Crippen LogP contribution is 2.35. The van der Waals surface area contributed by atoms with E-state index in [1.54, 1.807) is 48.5 Å². The quantitative estimate of drug-likeness (QED) is 0.205. The molecule has 1 aliphatic heterocycles. The molecule has 0 aliphatic carbocycles. The molecule has 4 aromatic rings. The molecule has 3 heterocycles. The van der Waals surface area contributed by atoms with Crippen molar-refractivity contribution < 1.29 is 26.7 Å². The van der Waals surface area contributed by atoms with Crippen molar-refractivity contribution in [3.05, 3.63) is 95.8 Å². The summed E-state index contributed by atoms with van der Waals surface area (Å²) in [5.74, 6) is -2.75. The Balaban J connectivity index is 1.41. The molecule has 0 amide bonds. The van der Waals surface area contributed by atoms with Crippen molar-refractivity contribution in [3.63, 3.8) is 0 Å². The van der Waals surface area contributed by atoms with Crippen molar-refractivity contribution in [3.8, 4) is 22.9 Å². The van der Waals surface area contributed by atoms with Gasteiger partial charge in [0.05, 0.1) is 17.3 Å². The number of nitrogens with one attached hydrogen (secondary N) is 3. The third-order valence-corrected chi connectivity index (χ3v) is 6.98. The lowest BCUT2D eigenvalue weighted by Crippen LogP contribution is -2.50. The molecule has 13 heteroatoms. The molecule has 1 fully saturated rings. The summed E-state index contributed by atoms with van der Waals surface area (Å²) in [6.45, 7) is 2.35. The third kappa shape index (κ3) is 6.88. The monoisotopic (exact) mass is 584 g/mol. The van der Waals surface area contributed by atoms with E-state index in [1.165, 1.54) is 31.5 Å². The van der Waals surface area contributed by atoms with Gasteiger partial charge in [0, 0.05) is 43.5 Å². The second kappa shape index (κ2) is 12.3. The van der Waals surface area contributed by atoms with Crippen LogP contribution in [0.5, 0.6) is 11.6 Å². The molecule has 0 spiro atoms. The van der Waals surface area contributed by atoms with Crippen LogP contribution in [0.25, 0.3) is 11.3 Å². The predicted molar refractivity (Wildman–Crippen MR) is 148 cm³/mol. The Morgan fingerprint density at radius 3 is 2.63 bits per heavy atom. The fourth-order valence-electron chi connectivity index (χ4n) is 4.71. The summed E-state index contributed by atoms with van der Waals surface area (Å²) in [6, 6.07) is 14.4. The number of aromatic nitrogens is 3. The fraction of sp³-hybridized carbons (Fsp3) is 0.250. The number of nitrogens with zero attached hydrogens (tertiary/aromatic N) is 3. The van der Waals surface area contributed by atoms with Gasteiger partial charge in [0.15, 0.2) is 11.6 Å². The molecule has 4 N–H and O–H groups in total. The van der Waals surface area contributed by atoms with Crippen molar-refractivity contribution in [2.24, 2.45) is 0 Å². The van der Waals surface area contributed by atoms with Gasteiger partial charge in [-0.15, -0.1) is 0 Å². The van der Waals surface area contributed by atoms with Crippen LogP contribution >= 0.6 is 0 Å². The normalized spacial score (nSPS) is 20.3. The largest absolute Gasteiger partial charge is 0.435 e. The molecule has 0 saturated carbocycles. The lowest BCUT2D eigenvalue weighted by atomic mass is 9.95. The van der Waals surface area contributed by atoms with Crippen molar-refractivity contribution in [1.82, 2.24) is 25.0 Å². The van der Waals surface area contributed by atoms with Gasteiger partial charge in [0.2, 0.25) is 28.9 Å². The molecule has 0 bridgehead atoms. The Morgan fingerprint density at radius 1 is 1.07 bits per heavy atom. The molecule has 1 aliphatic rings. The van der Waals surface area contributed by atoms with Gasteiger partial charge in [-0.3, -0.25) is 4.55 Å². The maximum absolute atomic E-state index is 15.3. The van der Waals surface area contributed by atoms with Crippen LogP contribution in [-0.4, -0.2) is 48.5 Å². The molecule has 1 saturated heterocycles. The smallest absolute Gasteiger partial charge is 0.232 e. The second-order valence-corrected chi connectivity index (χ2v) is 10.5. The number of hydrogen-bond acceptors (Lipinski definition) is 7. The average Bonchev–Trinajstić information content (AvgIpc) is 2.95. The standard InChI is InChI=1S/C28H27F3N6O3S/c1-28(31)14-18(15-32-16-28)35-27-34-13-11-21(36-27)19-8-5-12-33-26(19)40-22-10-9-20(23(29)24(22)30)25(37-41(38)39)17-6-3-2-4-7-17/h2-13,18,25,32,37H,14-16H2,1H3,(H,38,39)(H,34,35,36)/t18-,25?,28+/m0/s1. The van der Waals surface area contributed by atoms with Crippen molar-refractivity contribution in [2.75, 3.05) is 18.4 Å². The van der Waals surface area contributed by atoms with Crippen LogP contribution in [0.2, 0.25) is 0 Å². The van der Waals surface area contributed by atoms with Crippen molar-refractivity contribution in [2.45, 2.75) is 31.1 Å². The number of ether oxygens (including phenoxy) is 1. The zero-order valence-electron chi connectivity index (χ0n) is 21.9. The number of piperidine rings is 1. The van der Waals surface area contributed by atoms with E-state index in [-0.39, 0.29) is 36.4 Å². The molecule has 2 unspecified atom stereocenters. The van der Waals surface area contributed by atoms with E-state index in [1.807, 2.05) is 0 Å². The number of anilines is 1. The van der Waals surface area contributed by atoms with Crippen molar-refractivity contribution in [1.29, 1.82) is 0 Å². The fourth-order valence-corrected chi connectivity index (χ4v) is 5.17. The minimum atomic E-state index is -2.50. The number of halogens is 3. The van der Waals surface area contributed by atoms with Crippen LogP contribution in [0, 0.1) is 11.6 Å². The van der Waals surface area contributed by atoms with Crippen molar-refractivity contribution >= 4 is 17.2 Å². The third-order valence-electron chi connectivity index (χ3n) is 6.54. The van der Waals surface area contributed by atoms with Gasteiger partial charge in [-0.25, -0.2) is 32.7 Å². The highest BCUT2D eigenvalue weighted by molar-refractivity contribution is 7.77. The van der Waals surface area contributed by atoms with Gasteiger partial charge >= 0.3 is 0 Å². The molecular weight excluding hydrogens is 557 g/mol. The van der Waals surface area contributed by atoms with E-state index in [0.717, 1.165) is 0 Å². The van der Waals surface area contributed by atoms with Crippen LogP contribution in [0.3, 0.4) is 0 Å². The first-order valence-electron chi connectivity index (χ1n) is 12.7. The molecule has 41 heavy (non-hydrogen) atoms. The predicted octanol–water partition coefficient (Wildman–Crippen LogP) is 4.93. The first-order chi connectivity index (χ1) is 19.7. The average molecular weight is 585 g/mol. The Hall–Kier alpha value is -3.91. The lowest BCUT2D eigenvalue weighted by molar-refractivity contribution is 0.137. The first kappa shape index (κ1) is 28.6. The molecule has 4 atom stereocenters. The van der Waals surface area contributed by atoms with Crippen LogP contribution in [0.15, 0.2) is 73.1 Å². The molecule has 9 nitrogen and oxygen atoms in total. The Bertz CT molecular complexity index is 1550. The topological polar surface area (TPSA) is 121 Å². The van der Waals surface area contributed by atoms with Gasteiger partial charge in [-0.2, -0.15) is 4.39 Å². The minimum absolute atomic E-state index is 0.0342. The summed E-state index contributed by atoms with van der Waals surface area (Å²) in [4.78, 5) is 12.9. The van der Waals surface area contributed by atoms with Gasteiger partial charge in [0.25, 0.3) is 0 Å². The maximum Gasteiger partial charge on any atom is 0.232 e. The first-order valence-corrected chi connectivity index (χ1v) is 13.8. The van der Waals surface area contributed by atoms with Crippen LogP contribution in [0.1, 0.15) is 30.5 Å². The van der Waals surface area contributed by atoms with E-state index in [9.17, 15) is 13.2 Å². The SMILES string of the molecule is C[C@]1(F)CNC[C@@H](Nc2nccc(-c3cccnc3Oc3ccc(C(NS(=O)O)c4ccccc4)c(F)c3F)n2)C1. The number of rotatable bonds is 9. The van der Waals surface area contributed by atoms with Crippen LogP contribution in [0.4, 0.5) is 19.1 Å². The lowest BCUT2D eigenvalue weighted by Gasteiger charge is -2.33. The zero-order valence-corrected chi connectivity index (χ0v) is 22.7. The number of hydrogen-bond donors (Lipinski definition) is 4. The maximum atomic E-state index is 15.3. The Labute approximate surface area is 237 Å². The summed E-state index contributed by atoms with van der Waals surface area (Å²) < 4.78 is 74.1. The highest BCUT2D eigenvalue weighted by Gasteiger charge is 2.32.